The van der Waals surface area contributed by atoms with E-state index in [2.05, 4.69) is 4.90 Å². The zero-order valence-electron chi connectivity index (χ0n) is 9.06. The van der Waals surface area contributed by atoms with Crippen LogP contribution in [0.25, 0.3) is 0 Å². The number of nitrogens with zero attached hydrogens (tertiary/aromatic N) is 2. The molecule has 3 heteroatoms. The maximum atomic E-state index is 11.4. The van der Waals surface area contributed by atoms with Crippen LogP contribution in [-0.4, -0.2) is 29.1 Å². The van der Waals surface area contributed by atoms with Crippen LogP contribution in [0.4, 0.5) is 0 Å². The molecule has 1 fully saturated rings. The minimum atomic E-state index is 0.110. The summed E-state index contributed by atoms with van der Waals surface area (Å²) in [6.45, 7) is 4.45. The van der Waals surface area contributed by atoms with Crippen molar-refractivity contribution in [2.75, 3.05) is 19.6 Å². The second kappa shape index (κ2) is 5.12. The summed E-state index contributed by atoms with van der Waals surface area (Å²) >= 11 is 0. The van der Waals surface area contributed by atoms with Crippen LogP contribution in [0.3, 0.4) is 0 Å². The molecule has 0 spiro atoms. The van der Waals surface area contributed by atoms with E-state index < -0.39 is 0 Å². The third-order valence-electron chi connectivity index (χ3n) is 2.97. The van der Waals surface area contributed by atoms with E-state index in [1.165, 1.54) is 25.9 Å². The number of hydrogen-bond donors (Lipinski definition) is 0. The van der Waals surface area contributed by atoms with Crippen LogP contribution in [0.1, 0.15) is 19.3 Å². The molecule has 1 aromatic rings. The summed E-state index contributed by atoms with van der Waals surface area (Å²) in [5.41, 5.74) is 0.110. The summed E-state index contributed by atoms with van der Waals surface area (Å²) in [6, 6.07) is 5.33. The predicted octanol–water partition coefficient (Wildman–Crippen LogP) is 1.33. The molecule has 0 aliphatic carbocycles. The summed E-state index contributed by atoms with van der Waals surface area (Å²) in [5.74, 6) is 0. The van der Waals surface area contributed by atoms with E-state index in [1.807, 2.05) is 12.3 Å². The van der Waals surface area contributed by atoms with Gasteiger partial charge in [0, 0.05) is 18.8 Å². The third kappa shape index (κ3) is 2.93. The minimum absolute atomic E-state index is 0.110. The molecule has 1 aliphatic rings. The lowest BCUT2D eigenvalue weighted by Gasteiger charge is -2.14. The Morgan fingerprint density at radius 2 is 1.93 bits per heavy atom. The molecular formula is C12H18N2O. The number of aryl methyl sites for hydroxylation is 1. The van der Waals surface area contributed by atoms with Crippen molar-refractivity contribution >= 4 is 0 Å². The van der Waals surface area contributed by atoms with Crippen LogP contribution < -0.4 is 5.56 Å². The van der Waals surface area contributed by atoms with Crippen LogP contribution in [0, 0.1) is 0 Å². The predicted molar refractivity (Wildman–Crippen MR) is 61.0 cm³/mol. The van der Waals surface area contributed by atoms with E-state index in [9.17, 15) is 4.79 Å². The van der Waals surface area contributed by atoms with Gasteiger partial charge in [-0.15, -0.1) is 0 Å². The van der Waals surface area contributed by atoms with Gasteiger partial charge in [0.1, 0.15) is 0 Å². The Labute approximate surface area is 90.3 Å². The highest BCUT2D eigenvalue weighted by Crippen LogP contribution is 2.07. The first-order valence-corrected chi connectivity index (χ1v) is 5.74. The zero-order valence-corrected chi connectivity index (χ0v) is 9.06. The van der Waals surface area contributed by atoms with Crippen LogP contribution in [0.2, 0.25) is 0 Å². The second-order valence-corrected chi connectivity index (χ2v) is 4.13. The molecule has 0 saturated carbocycles. The van der Waals surface area contributed by atoms with Crippen LogP contribution in [0.5, 0.6) is 0 Å². The average Bonchev–Trinajstić information content (AvgIpc) is 2.74. The molecular weight excluding hydrogens is 188 g/mol. The summed E-state index contributed by atoms with van der Waals surface area (Å²) in [4.78, 5) is 13.9. The largest absolute Gasteiger partial charge is 0.315 e. The van der Waals surface area contributed by atoms with Gasteiger partial charge in [-0.05, 0) is 45.0 Å². The number of rotatable bonds is 4. The van der Waals surface area contributed by atoms with Crippen molar-refractivity contribution in [2.45, 2.75) is 25.8 Å². The SMILES string of the molecule is O=c1ccccn1CCCN1CCCC1. The number of likely N-dealkylation sites (tertiary alicyclic amines) is 1. The molecule has 2 heterocycles. The highest BCUT2D eigenvalue weighted by Gasteiger charge is 2.10. The molecule has 0 bridgehead atoms. The fourth-order valence-corrected chi connectivity index (χ4v) is 2.12. The van der Waals surface area contributed by atoms with Crippen molar-refractivity contribution in [3.63, 3.8) is 0 Å². The summed E-state index contributed by atoms with van der Waals surface area (Å²) in [5, 5.41) is 0. The molecule has 3 nitrogen and oxygen atoms in total. The van der Waals surface area contributed by atoms with Gasteiger partial charge in [-0.25, -0.2) is 0 Å². The Morgan fingerprint density at radius 1 is 1.13 bits per heavy atom. The van der Waals surface area contributed by atoms with Gasteiger partial charge in [-0.2, -0.15) is 0 Å². The van der Waals surface area contributed by atoms with Crippen LogP contribution in [0.15, 0.2) is 29.2 Å². The van der Waals surface area contributed by atoms with Crippen molar-refractivity contribution in [3.05, 3.63) is 34.7 Å². The van der Waals surface area contributed by atoms with Gasteiger partial charge in [0.15, 0.2) is 0 Å². The fraction of sp³-hybridized carbons (Fsp3) is 0.583. The lowest BCUT2D eigenvalue weighted by molar-refractivity contribution is 0.324. The molecule has 0 aromatic carbocycles. The Hall–Kier alpha value is -1.09. The fourth-order valence-electron chi connectivity index (χ4n) is 2.12. The summed E-state index contributed by atoms with van der Waals surface area (Å²) in [6.07, 6.45) is 5.62. The van der Waals surface area contributed by atoms with Gasteiger partial charge < -0.3 is 9.47 Å². The third-order valence-corrected chi connectivity index (χ3v) is 2.97. The van der Waals surface area contributed by atoms with Crippen molar-refractivity contribution in [2.24, 2.45) is 0 Å². The Kier molecular flexibility index (Phi) is 3.56. The van der Waals surface area contributed by atoms with Crippen LogP contribution >= 0.6 is 0 Å². The first-order chi connectivity index (χ1) is 7.36. The van der Waals surface area contributed by atoms with Gasteiger partial charge >= 0.3 is 0 Å². The Bertz CT molecular complexity index is 353. The molecule has 0 amide bonds. The van der Waals surface area contributed by atoms with E-state index in [-0.39, 0.29) is 5.56 Å². The molecule has 0 atom stereocenters. The van der Waals surface area contributed by atoms with Gasteiger partial charge in [-0.3, -0.25) is 4.79 Å². The van der Waals surface area contributed by atoms with E-state index in [4.69, 9.17) is 0 Å². The van der Waals surface area contributed by atoms with Crippen molar-refractivity contribution in [1.29, 1.82) is 0 Å². The summed E-state index contributed by atoms with van der Waals surface area (Å²) in [7, 11) is 0. The molecule has 82 valence electrons. The Morgan fingerprint density at radius 3 is 2.67 bits per heavy atom. The number of pyridine rings is 1. The quantitative estimate of drug-likeness (QED) is 0.742. The average molecular weight is 206 g/mol. The second-order valence-electron chi connectivity index (χ2n) is 4.13. The van der Waals surface area contributed by atoms with Crippen molar-refractivity contribution < 1.29 is 0 Å². The number of hydrogen-bond acceptors (Lipinski definition) is 2. The van der Waals surface area contributed by atoms with Crippen molar-refractivity contribution in [1.82, 2.24) is 9.47 Å². The first kappa shape index (κ1) is 10.4. The lowest BCUT2D eigenvalue weighted by Crippen LogP contribution is -2.24. The number of aromatic nitrogens is 1. The topological polar surface area (TPSA) is 25.2 Å². The standard InChI is InChI=1S/C12H18N2O/c15-12-6-1-2-10-14(12)11-5-9-13-7-3-4-8-13/h1-2,6,10H,3-5,7-9,11H2. The molecule has 0 unspecified atom stereocenters. The first-order valence-electron chi connectivity index (χ1n) is 5.74. The molecule has 0 N–H and O–H groups in total. The van der Waals surface area contributed by atoms with E-state index in [1.54, 1.807) is 16.7 Å². The van der Waals surface area contributed by atoms with Gasteiger partial charge in [0.25, 0.3) is 0 Å². The zero-order chi connectivity index (χ0) is 10.5. The molecule has 1 saturated heterocycles. The van der Waals surface area contributed by atoms with E-state index in [0.717, 1.165) is 19.5 Å². The highest BCUT2D eigenvalue weighted by molar-refractivity contribution is 4.93. The summed E-state index contributed by atoms with van der Waals surface area (Å²) < 4.78 is 1.79. The smallest absolute Gasteiger partial charge is 0.250 e. The highest BCUT2D eigenvalue weighted by atomic mass is 16.1. The maximum absolute atomic E-state index is 11.4. The molecule has 1 aliphatic heterocycles. The molecule has 2 rings (SSSR count). The lowest BCUT2D eigenvalue weighted by atomic mass is 10.3. The maximum Gasteiger partial charge on any atom is 0.250 e. The molecule has 0 radical (unpaired) electrons. The van der Waals surface area contributed by atoms with Gasteiger partial charge in [0.05, 0.1) is 0 Å². The normalized spacial score (nSPS) is 17.1. The molecule has 15 heavy (non-hydrogen) atoms. The Balaban J connectivity index is 1.78. The monoisotopic (exact) mass is 206 g/mol. The van der Waals surface area contributed by atoms with Crippen LogP contribution in [-0.2, 0) is 6.54 Å². The molecule has 1 aromatic heterocycles. The van der Waals surface area contributed by atoms with Gasteiger partial charge in [0.2, 0.25) is 5.56 Å². The van der Waals surface area contributed by atoms with Gasteiger partial charge in [-0.1, -0.05) is 6.07 Å². The van der Waals surface area contributed by atoms with E-state index in [0.29, 0.717) is 0 Å². The van der Waals surface area contributed by atoms with E-state index >= 15 is 0 Å². The van der Waals surface area contributed by atoms with Crippen molar-refractivity contribution in [3.8, 4) is 0 Å². The minimum Gasteiger partial charge on any atom is -0.315 e.